The summed E-state index contributed by atoms with van der Waals surface area (Å²) < 4.78 is 39.4. The molecule has 3 rings (SSSR count). The third kappa shape index (κ3) is 6.36. The van der Waals surface area contributed by atoms with E-state index in [9.17, 15) is 18.0 Å². The highest BCUT2D eigenvalue weighted by atomic mass is 35.5. The summed E-state index contributed by atoms with van der Waals surface area (Å²) in [6.45, 7) is 0. The van der Waals surface area contributed by atoms with Crippen LogP contribution in [0, 0.1) is 0 Å². The molecule has 31 heavy (non-hydrogen) atoms. The minimum atomic E-state index is -4.50. The van der Waals surface area contributed by atoms with Gasteiger partial charge in [-0.25, -0.2) is 10.1 Å². The number of hydrogen-bond acceptors (Lipinski definition) is 7. The maximum Gasteiger partial charge on any atom is 0.416 e. The molecule has 162 valence electrons. The molecule has 1 heterocycles. The van der Waals surface area contributed by atoms with Crippen molar-refractivity contribution in [1.82, 2.24) is 14.9 Å². The third-order valence-corrected chi connectivity index (χ3v) is 4.91. The number of hydrazone groups is 1. The molecule has 1 aromatic heterocycles. The van der Waals surface area contributed by atoms with Gasteiger partial charge in [-0.3, -0.25) is 4.79 Å². The molecule has 3 aromatic rings. The Hall–Kier alpha value is -3.25. The zero-order valence-electron chi connectivity index (χ0n) is 15.6. The number of nitrogens with two attached hydrogens (primary N) is 1. The molecule has 0 spiro atoms. The molecule has 2 aromatic carbocycles. The molecule has 0 radical (unpaired) electrons. The molecule has 13 heteroatoms. The summed E-state index contributed by atoms with van der Waals surface area (Å²) in [5, 5.41) is 14.9. The third-order valence-electron chi connectivity index (χ3n) is 3.72. The first kappa shape index (κ1) is 22.4. The van der Waals surface area contributed by atoms with Crippen molar-refractivity contribution in [2.45, 2.75) is 11.3 Å². The van der Waals surface area contributed by atoms with Crippen LogP contribution in [0.15, 0.2) is 58.8 Å². The molecular formula is C18H15ClF3N7OS. The lowest BCUT2D eigenvalue weighted by atomic mass is 10.2. The van der Waals surface area contributed by atoms with Crippen molar-refractivity contribution in [3.05, 3.63) is 64.7 Å². The molecule has 0 unspecified atom stereocenters. The van der Waals surface area contributed by atoms with Crippen molar-refractivity contribution < 1.29 is 18.0 Å². The van der Waals surface area contributed by atoms with Crippen LogP contribution >= 0.6 is 23.4 Å². The molecule has 0 fully saturated rings. The maximum atomic E-state index is 12.8. The van der Waals surface area contributed by atoms with Gasteiger partial charge < -0.3 is 11.2 Å². The number of benzene rings is 2. The smallest absolute Gasteiger partial charge is 0.334 e. The standard InChI is InChI=1S/C18H15ClF3N7OS/c19-13-6-4-11(5-7-13)9-24-26-16-27-28-17(29(16)23)31-10-15(30)25-14-3-1-2-12(8-14)18(20,21)22/h1-9H,10,23H2,(H,25,30)(H,26,27)/b24-9+. The van der Waals surface area contributed by atoms with Gasteiger partial charge in [-0.2, -0.15) is 18.3 Å². The number of nitrogen functional groups attached to an aromatic ring is 1. The van der Waals surface area contributed by atoms with Crippen LogP contribution in [0.5, 0.6) is 0 Å². The molecule has 1 amide bonds. The Morgan fingerprint density at radius 3 is 2.68 bits per heavy atom. The SMILES string of the molecule is Nn1c(N/N=C/c2ccc(Cl)cc2)nnc1SCC(=O)Nc1cccc(C(F)(F)F)c1. The van der Waals surface area contributed by atoms with Crippen molar-refractivity contribution >= 4 is 47.1 Å². The molecule has 8 nitrogen and oxygen atoms in total. The zero-order valence-corrected chi connectivity index (χ0v) is 17.2. The summed E-state index contributed by atoms with van der Waals surface area (Å²) in [6, 6.07) is 11.3. The lowest BCUT2D eigenvalue weighted by Gasteiger charge is -2.09. The molecule has 0 bridgehead atoms. The van der Waals surface area contributed by atoms with Gasteiger partial charge in [-0.05, 0) is 35.9 Å². The molecule has 0 saturated carbocycles. The topological polar surface area (TPSA) is 110 Å². The lowest BCUT2D eigenvalue weighted by Crippen LogP contribution is -2.17. The Kier molecular flexibility index (Phi) is 7.02. The molecule has 0 aliphatic carbocycles. The fourth-order valence-corrected chi connectivity index (χ4v) is 3.05. The Morgan fingerprint density at radius 2 is 1.97 bits per heavy atom. The maximum absolute atomic E-state index is 12.8. The van der Waals surface area contributed by atoms with E-state index >= 15 is 0 Å². The highest BCUT2D eigenvalue weighted by molar-refractivity contribution is 7.99. The van der Waals surface area contributed by atoms with Crippen LogP contribution in [-0.4, -0.2) is 32.7 Å². The number of anilines is 2. The molecule has 0 atom stereocenters. The van der Waals surface area contributed by atoms with Crippen molar-refractivity contribution in [2.24, 2.45) is 5.10 Å². The second kappa shape index (κ2) is 9.71. The summed E-state index contributed by atoms with van der Waals surface area (Å²) in [5.41, 5.74) is 2.60. The van der Waals surface area contributed by atoms with E-state index in [0.717, 1.165) is 34.1 Å². The Bertz CT molecular complexity index is 1090. The van der Waals surface area contributed by atoms with Gasteiger partial charge >= 0.3 is 6.18 Å². The lowest BCUT2D eigenvalue weighted by molar-refractivity contribution is -0.137. The highest BCUT2D eigenvalue weighted by Gasteiger charge is 2.30. The number of carbonyl (C=O) groups is 1. The summed E-state index contributed by atoms with van der Waals surface area (Å²) in [5.74, 6) is 5.34. The predicted octanol–water partition coefficient (Wildman–Crippen LogP) is 3.84. The minimum absolute atomic E-state index is 0.0357. The number of nitrogens with one attached hydrogen (secondary N) is 2. The number of alkyl halides is 3. The highest BCUT2D eigenvalue weighted by Crippen LogP contribution is 2.30. The van der Waals surface area contributed by atoms with Gasteiger partial charge in [0.25, 0.3) is 5.95 Å². The van der Waals surface area contributed by atoms with E-state index in [2.05, 4.69) is 26.0 Å². The van der Waals surface area contributed by atoms with E-state index in [1.54, 1.807) is 24.3 Å². The van der Waals surface area contributed by atoms with Crippen LogP contribution in [0.2, 0.25) is 5.02 Å². The fraction of sp³-hybridized carbons (Fsp3) is 0.111. The van der Waals surface area contributed by atoms with Gasteiger partial charge in [0.1, 0.15) is 0 Å². The van der Waals surface area contributed by atoms with E-state index in [-0.39, 0.29) is 22.5 Å². The summed E-state index contributed by atoms with van der Waals surface area (Å²) in [6.07, 6.45) is -2.97. The first-order chi connectivity index (χ1) is 14.7. The fourth-order valence-electron chi connectivity index (χ4n) is 2.27. The number of rotatable bonds is 7. The number of hydrogen-bond donors (Lipinski definition) is 3. The average molecular weight is 470 g/mol. The number of carbonyl (C=O) groups excluding carboxylic acids is 1. The summed E-state index contributed by atoms with van der Waals surface area (Å²) in [7, 11) is 0. The summed E-state index contributed by atoms with van der Waals surface area (Å²) in [4.78, 5) is 12.1. The predicted molar refractivity (Wildman–Crippen MR) is 114 cm³/mol. The van der Waals surface area contributed by atoms with Gasteiger partial charge in [0, 0.05) is 10.7 Å². The van der Waals surface area contributed by atoms with Crippen LogP contribution in [0.4, 0.5) is 24.8 Å². The number of aromatic nitrogens is 3. The van der Waals surface area contributed by atoms with Crippen molar-refractivity contribution in [3.63, 3.8) is 0 Å². The van der Waals surface area contributed by atoms with Gasteiger partial charge in [-0.15, -0.1) is 10.2 Å². The Morgan fingerprint density at radius 1 is 1.23 bits per heavy atom. The van der Waals surface area contributed by atoms with Crippen LogP contribution in [-0.2, 0) is 11.0 Å². The van der Waals surface area contributed by atoms with Crippen molar-refractivity contribution in [3.8, 4) is 0 Å². The molecule has 0 aliphatic rings. The Labute approximate surface area is 183 Å². The van der Waals surface area contributed by atoms with Crippen molar-refractivity contribution in [1.29, 1.82) is 0 Å². The van der Waals surface area contributed by atoms with E-state index in [0.29, 0.717) is 5.02 Å². The number of halogens is 4. The normalized spacial score (nSPS) is 11.6. The largest absolute Gasteiger partial charge is 0.416 e. The van der Waals surface area contributed by atoms with Gasteiger partial charge in [0.2, 0.25) is 11.1 Å². The first-order valence-electron chi connectivity index (χ1n) is 8.57. The zero-order chi connectivity index (χ0) is 22.4. The number of nitrogens with zero attached hydrogens (tertiary/aromatic N) is 4. The van der Waals surface area contributed by atoms with Crippen molar-refractivity contribution in [2.75, 3.05) is 22.3 Å². The van der Waals surface area contributed by atoms with Crippen LogP contribution in [0.25, 0.3) is 0 Å². The molecule has 0 aliphatic heterocycles. The van der Waals surface area contributed by atoms with Gasteiger partial charge in [0.05, 0.1) is 17.5 Å². The second-order valence-corrected chi connectivity index (χ2v) is 7.39. The second-order valence-electron chi connectivity index (χ2n) is 6.01. The molecule has 0 saturated heterocycles. The van der Waals surface area contributed by atoms with Gasteiger partial charge in [-0.1, -0.05) is 41.6 Å². The Balaban J connectivity index is 1.53. The minimum Gasteiger partial charge on any atom is -0.334 e. The van der Waals surface area contributed by atoms with E-state index in [1.165, 1.54) is 18.3 Å². The van der Waals surface area contributed by atoms with Gasteiger partial charge in [0.15, 0.2) is 0 Å². The molecule has 4 N–H and O–H groups in total. The molecular weight excluding hydrogens is 455 g/mol. The quantitative estimate of drug-likeness (QED) is 0.210. The number of thioether (sulfide) groups is 1. The first-order valence-corrected chi connectivity index (χ1v) is 9.94. The van der Waals surface area contributed by atoms with Crippen LogP contribution < -0.4 is 16.6 Å². The van der Waals surface area contributed by atoms with Crippen LogP contribution in [0.1, 0.15) is 11.1 Å². The number of amides is 1. The monoisotopic (exact) mass is 469 g/mol. The van der Waals surface area contributed by atoms with E-state index in [1.807, 2.05) is 0 Å². The van der Waals surface area contributed by atoms with E-state index in [4.69, 9.17) is 17.4 Å². The van der Waals surface area contributed by atoms with E-state index < -0.39 is 17.6 Å². The average Bonchev–Trinajstić information content (AvgIpc) is 3.07. The van der Waals surface area contributed by atoms with Crippen LogP contribution in [0.3, 0.4) is 0 Å². The summed E-state index contributed by atoms with van der Waals surface area (Å²) >= 11 is 6.77.